The van der Waals surface area contributed by atoms with Gasteiger partial charge in [-0.25, -0.2) is 4.98 Å². The highest BCUT2D eigenvalue weighted by molar-refractivity contribution is 7.15. The smallest absolute Gasteiger partial charge is 0.306 e. The molecule has 3 rings (SSSR count). The van der Waals surface area contributed by atoms with Gasteiger partial charge in [0.15, 0.2) is 10.7 Å². The maximum atomic E-state index is 12.3. The highest BCUT2D eigenvalue weighted by Gasteiger charge is 2.13. The van der Waals surface area contributed by atoms with Gasteiger partial charge in [-0.05, 0) is 25.5 Å². The van der Waals surface area contributed by atoms with Crippen LogP contribution in [0.1, 0.15) is 40.0 Å². The first-order chi connectivity index (χ1) is 12.4. The van der Waals surface area contributed by atoms with Crippen LogP contribution in [0.2, 0.25) is 0 Å². The van der Waals surface area contributed by atoms with E-state index in [-0.39, 0.29) is 30.8 Å². The largest absolute Gasteiger partial charge is 0.459 e. The van der Waals surface area contributed by atoms with Crippen molar-refractivity contribution in [3.63, 3.8) is 0 Å². The number of esters is 1. The highest BCUT2D eigenvalue weighted by Crippen LogP contribution is 2.14. The first-order valence-electron chi connectivity index (χ1n) is 8.16. The van der Waals surface area contributed by atoms with Crippen molar-refractivity contribution in [2.24, 2.45) is 0 Å². The molecule has 0 aliphatic carbocycles. The molecule has 0 spiro atoms. The number of hydrogen-bond donors (Lipinski definition) is 0. The van der Waals surface area contributed by atoms with Gasteiger partial charge in [0.2, 0.25) is 0 Å². The number of nitrogens with zero attached hydrogens (tertiary/aromatic N) is 2. The molecular formula is C19H18N2O4S. The van der Waals surface area contributed by atoms with Crippen molar-refractivity contribution in [2.45, 2.75) is 33.3 Å². The summed E-state index contributed by atoms with van der Waals surface area (Å²) in [4.78, 5) is 40.9. The fourth-order valence-corrected chi connectivity index (χ4v) is 3.31. The third-order valence-corrected chi connectivity index (χ3v) is 4.74. The van der Waals surface area contributed by atoms with Gasteiger partial charge in [-0.1, -0.05) is 17.7 Å². The highest BCUT2D eigenvalue weighted by atomic mass is 32.1. The summed E-state index contributed by atoms with van der Waals surface area (Å²) in [7, 11) is 0. The Morgan fingerprint density at radius 2 is 2.00 bits per heavy atom. The fraction of sp³-hybridized carbons (Fsp3) is 0.263. The molecule has 0 saturated heterocycles. The molecule has 0 unspecified atom stereocenters. The maximum Gasteiger partial charge on any atom is 0.306 e. The number of aromatic nitrogens is 2. The van der Waals surface area contributed by atoms with E-state index in [0.717, 1.165) is 11.1 Å². The molecule has 1 aromatic carbocycles. The number of hydrogen-bond acceptors (Lipinski definition) is 6. The van der Waals surface area contributed by atoms with Gasteiger partial charge in [-0.15, -0.1) is 11.3 Å². The molecule has 0 fully saturated rings. The molecule has 2 heterocycles. The molecule has 3 aromatic rings. The Kier molecular flexibility index (Phi) is 5.27. The molecule has 26 heavy (non-hydrogen) atoms. The molecule has 2 aromatic heterocycles. The summed E-state index contributed by atoms with van der Waals surface area (Å²) in [6, 6.07) is 7.01. The molecule has 0 aliphatic heterocycles. The van der Waals surface area contributed by atoms with E-state index < -0.39 is 5.97 Å². The number of thiazole rings is 1. The summed E-state index contributed by atoms with van der Waals surface area (Å²) in [6.07, 6.45) is 1.72. The van der Waals surface area contributed by atoms with Gasteiger partial charge in [0.25, 0.3) is 5.56 Å². The topological polar surface area (TPSA) is 77.7 Å². The maximum absolute atomic E-state index is 12.3. The molecule has 6 nitrogen and oxygen atoms in total. The molecule has 0 radical (unpaired) electrons. The zero-order valence-corrected chi connectivity index (χ0v) is 15.3. The van der Waals surface area contributed by atoms with Crippen molar-refractivity contribution in [3.8, 4) is 0 Å². The van der Waals surface area contributed by atoms with Gasteiger partial charge in [0.05, 0.1) is 12.1 Å². The lowest BCUT2D eigenvalue weighted by molar-refractivity contribution is -0.145. The average molecular weight is 370 g/mol. The molecule has 0 bridgehead atoms. The second-order valence-corrected chi connectivity index (χ2v) is 6.92. The molecule has 0 N–H and O–H groups in total. The number of ether oxygens (including phenoxy) is 1. The minimum Gasteiger partial charge on any atom is -0.459 e. The van der Waals surface area contributed by atoms with E-state index in [4.69, 9.17) is 4.74 Å². The van der Waals surface area contributed by atoms with Crippen LogP contribution in [0.15, 0.2) is 40.6 Å². The van der Waals surface area contributed by atoms with Gasteiger partial charge in [0, 0.05) is 29.6 Å². The summed E-state index contributed by atoms with van der Waals surface area (Å²) in [5.41, 5.74) is 2.71. The van der Waals surface area contributed by atoms with Crippen molar-refractivity contribution < 1.29 is 14.3 Å². The number of fused-ring (bicyclic) bond motifs is 1. The Labute approximate surface area is 154 Å². The third kappa shape index (κ3) is 4.05. The minimum absolute atomic E-state index is 0.00750. The first kappa shape index (κ1) is 18.0. The average Bonchev–Trinajstić information content (AvgIpc) is 3.09. The number of ketones is 1. The van der Waals surface area contributed by atoms with Crippen LogP contribution in [-0.4, -0.2) is 21.1 Å². The number of carbonyl (C=O) groups is 2. The summed E-state index contributed by atoms with van der Waals surface area (Å²) in [5.74, 6) is -0.573. The Balaban J connectivity index is 1.56. The van der Waals surface area contributed by atoms with Crippen molar-refractivity contribution in [1.82, 2.24) is 9.38 Å². The summed E-state index contributed by atoms with van der Waals surface area (Å²) >= 11 is 1.33. The molecule has 0 aliphatic rings. The predicted molar refractivity (Wildman–Crippen MR) is 98.6 cm³/mol. The fourth-order valence-electron chi connectivity index (χ4n) is 2.57. The predicted octanol–water partition coefficient (Wildman–Crippen LogP) is 3.08. The molecule has 0 saturated carbocycles. The second-order valence-electron chi connectivity index (χ2n) is 6.04. The van der Waals surface area contributed by atoms with Crippen LogP contribution < -0.4 is 5.56 Å². The quantitative estimate of drug-likeness (QED) is 0.492. The van der Waals surface area contributed by atoms with E-state index in [9.17, 15) is 14.4 Å². The summed E-state index contributed by atoms with van der Waals surface area (Å²) in [6.45, 7) is 3.71. The van der Waals surface area contributed by atoms with E-state index in [2.05, 4.69) is 4.98 Å². The van der Waals surface area contributed by atoms with E-state index >= 15 is 0 Å². The number of Topliss-reactive ketones (excluding diaryl/α,β-unsaturated/α-hetero) is 1. The first-order valence-corrected chi connectivity index (χ1v) is 9.04. The molecule has 0 atom stereocenters. The number of rotatable bonds is 6. The third-order valence-electron chi connectivity index (χ3n) is 3.99. The van der Waals surface area contributed by atoms with Gasteiger partial charge in [-0.3, -0.25) is 18.8 Å². The van der Waals surface area contributed by atoms with Crippen molar-refractivity contribution in [1.29, 1.82) is 0 Å². The molecular weight excluding hydrogens is 352 g/mol. The second kappa shape index (κ2) is 7.61. The zero-order valence-electron chi connectivity index (χ0n) is 14.5. The lowest BCUT2D eigenvalue weighted by Gasteiger charge is -2.07. The lowest BCUT2D eigenvalue weighted by atomic mass is 9.99. The van der Waals surface area contributed by atoms with Crippen molar-refractivity contribution in [3.05, 3.63) is 68.6 Å². The van der Waals surface area contributed by atoms with Crippen molar-refractivity contribution >= 4 is 28.1 Å². The standard InChI is InChI=1S/C19H18N2O4S/c1-12-3-4-13(2)15(9-12)16(22)5-6-18(24)25-11-14-10-17(23)21-7-8-26-19(21)20-14/h3-4,7-10H,5-6,11H2,1-2H3. The normalized spacial score (nSPS) is 10.8. The lowest BCUT2D eigenvalue weighted by Crippen LogP contribution is -2.15. The number of carbonyl (C=O) groups excluding carboxylic acids is 2. The van der Waals surface area contributed by atoms with Gasteiger partial charge in [0.1, 0.15) is 6.61 Å². The molecule has 0 amide bonds. The van der Waals surface area contributed by atoms with Crippen LogP contribution in [0.3, 0.4) is 0 Å². The van der Waals surface area contributed by atoms with E-state index in [1.807, 2.05) is 32.0 Å². The minimum atomic E-state index is -0.489. The van der Waals surface area contributed by atoms with Crippen LogP contribution in [0.25, 0.3) is 4.96 Å². The number of benzene rings is 1. The summed E-state index contributed by atoms with van der Waals surface area (Å²) < 4.78 is 6.58. The van der Waals surface area contributed by atoms with E-state index in [1.54, 1.807) is 11.6 Å². The van der Waals surface area contributed by atoms with E-state index in [1.165, 1.54) is 21.8 Å². The Morgan fingerprint density at radius 1 is 1.19 bits per heavy atom. The Hall–Kier alpha value is -2.80. The monoisotopic (exact) mass is 370 g/mol. The SMILES string of the molecule is Cc1ccc(C)c(C(=O)CCC(=O)OCc2cc(=O)n3ccsc3n2)c1. The summed E-state index contributed by atoms with van der Waals surface area (Å²) in [5, 5.41) is 1.76. The van der Waals surface area contributed by atoms with Gasteiger partial charge >= 0.3 is 5.97 Å². The Morgan fingerprint density at radius 3 is 2.81 bits per heavy atom. The van der Waals surface area contributed by atoms with Crippen LogP contribution in [0.4, 0.5) is 0 Å². The van der Waals surface area contributed by atoms with Crippen molar-refractivity contribution in [2.75, 3.05) is 0 Å². The van der Waals surface area contributed by atoms with Crippen LogP contribution >= 0.6 is 11.3 Å². The van der Waals surface area contributed by atoms with E-state index in [0.29, 0.717) is 16.2 Å². The van der Waals surface area contributed by atoms with Crippen LogP contribution in [-0.2, 0) is 16.1 Å². The number of aryl methyl sites for hydroxylation is 2. The zero-order chi connectivity index (χ0) is 18.7. The van der Waals surface area contributed by atoms with Crippen LogP contribution in [0, 0.1) is 13.8 Å². The van der Waals surface area contributed by atoms with Crippen LogP contribution in [0.5, 0.6) is 0 Å². The molecule has 7 heteroatoms. The Bertz CT molecular complexity index is 1040. The van der Waals surface area contributed by atoms with Gasteiger partial charge < -0.3 is 4.74 Å². The molecule has 134 valence electrons. The van der Waals surface area contributed by atoms with Gasteiger partial charge in [-0.2, -0.15) is 0 Å².